The lowest BCUT2D eigenvalue weighted by Crippen LogP contribution is -2.47. The molecule has 0 saturated heterocycles. The van der Waals surface area contributed by atoms with Gasteiger partial charge in [0.1, 0.15) is 19.3 Å². The normalized spacial score (nSPS) is 14.1. The van der Waals surface area contributed by atoms with Gasteiger partial charge in [-0.1, -0.05) is 248 Å². The molecule has 1 N–H and O–H groups in total. The highest BCUT2D eigenvalue weighted by Crippen LogP contribution is 2.38. The zero-order valence-corrected chi connectivity index (χ0v) is 51.3. The Hall–Kier alpha value is -2.55. The number of amides is 1. The molecule has 0 aromatic rings. The van der Waals surface area contributed by atoms with Crippen molar-refractivity contribution in [1.82, 2.24) is 5.32 Å². The number of phosphoric ester groups is 1. The van der Waals surface area contributed by atoms with E-state index in [1.165, 1.54) is 148 Å². The number of likely N-dealkylation sites (N-methyl/N-ethyl adjacent to an activating group) is 1. The maximum Gasteiger partial charge on any atom is 0.306 e. The largest absolute Gasteiger partial charge is 0.756 e. The van der Waals surface area contributed by atoms with Gasteiger partial charge in [-0.15, -0.1) is 0 Å². The van der Waals surface area contributed by atoms with Crippen LogP contribution in [-0.4, -0.2) is 69.4 Å². The van der Waals surface area contributed by atoms with Crippen LogP contribution in [0.25, 0.3) is 0 Å². The molecule has 442 valence electrons. The molecular formula is C66H121N2O7P. The fraction of sp³-hybridized carbons (Fsp3) is 0.788. The Bertz CT molecular complexity index is 1530. The molecule has 0 aromatic carbocycles. The van der Waals surface area contributed by atoms with E-state index in [0.717, 1.165) is 103 Å². The van der Waals surface area contributed by atoms with Crippen molar-refractivity contribution in [2.45, 2.75) is 296 Å². The van der Waals surface area contributed by atoms with E-state index in [1.54, 1.807) is 0 Å². The van der Waals surface area contributed by atoms with Crippen molar-refractivity contribution in [2.75, 3.05) is 40.9 Å². The summed E-state index contributed by atoms with van der Waals surface area (Å²) in [5.74, 6) is -0.554. The number of hydrogen-bond acceptors (Lipinski definition) is 7. The van der Waals surface area contributed by atoms with Gasteiger partial charge in [-0.2, -0.15) is 0 Å². The number of nitrogens with zero attached hydrogens (tertiary/aromatic N) is 1. The highest BCUT2D eigenvalue weighted by atomic mass is 31.2. The number of unbranched alkanes of at least 4 members (excludes halogenated alkanes) is 31. The molecule has 0 heterocycles. The molecular weight excluding hydrogens is 964 g/mol. The molecule has 0 saturated carbocycles. The van der Waals surface area contributed by atoms with Gasteiger partial charge in [0.15, 0.2) is 0 Å². The fourth-order valence-corrected chi connectivity index (χ4v) is 9.62. The van der Waals surface area contributed by atoms with Crippen LogP contribution >= 0.6 is 7.82 Å². The van der Waals surface area contributed by atoms with Crippen molar-refractivity contribution in [3.8, 4) is 0 Å². The molecule has 0 radical (unpaired) electrons. The molecule has 0 spiro atoms. The van der Waals surface area contributed by atoms with Crippen molar-refractivity contribution in [3.05, 3.63) is 72.9 Å². The van der Waals surface area contributed by atoms with Crippen molar-refractivity contribution in [1.29, 1.82) is 0 Å². The first-order valence-electron chi connectivity index (χ1n) is 31.7. The third-order valence-corrected chi connectivity index (χ3v) is 14.8. The van der Waals surface area contributed by atoms with Crippen molar-refractivity contribution in [3.63, 3.8) is 0 Å². The van der Waals surface area contributed by atoms with Gasteiger partial charge in [0.25, 0.3) is 7.82 Å². The maximum absolute atomic E-state index is 13.5. The number of quaternary nitrogens is 1. The quantitative estimate of drug-likeness (QED) is 0.0212. The lowest BCUT2D eigenvalue weighted by Gasteiger charge is -2.30. The van der Waals surface area contributed by atoms with Gasteiger partial charge < -0.3 is 28.5 Å². The lowest BCUT2D eigenvalue weighted by atomic mass is 10.0. The Morgan fingerprint density at radius 1 is 0.461 bits per heavy atom. The number of ether oxygens (including phenoxy) is 1. The van der Waals surface area contributed by atoms with Gasteiger partial charge >= 0.3 is 5.97 Å². The minimum absolute atomic E-state index is 0.0259. The SMILES string of the molecule is CCCC/C=C\CCCCCCCC(=O)NC(COP(=O)([O-])OCC[N+](C)(C)C)C(/C=C\CCCCCCCCCCCC)OC(=O)CCCCCCCCCCCCC/C=C\C/C=C\C/C=C\C/C=C\CCCCC. The Morgan fingerprint density at radius 3 is 1.28 bits per heavy atom. The summed E-state index contributed by atoms with van der Waals surface area (Å²) in [6.45, 7) is 6.77. The van der Waals surface area contributed by atoms with Crippen LogP contribution in [0.5, 0.6) is 0 Å². The fourth-order valence-electron chi connectivity index (χ4n) is 8.90. The highest BCUT2D eigenvalue weighted by molar-refractivity contribution is 7.45. The van der Waals surface area contributed by atoms with Crippen LogP contribution in [0.3, 0.4) is 0 Å². The number of carbonyl (C=O) groups excluding carboxylic acids is 2. The van der Waals surface area contributed by atoms with Gasteiger partial charge in [0.2, 0.25) is 5.91 Å². The van der Waals surface area contributed by atoms with Crippen LogP contribution < -0.4 is 10.2 Å². The molecule has 0 aliphatic rings. The van der Waals surface area contributed by atoms with Crippen molar-refractivity contribution in [2.24, 2.45) is 0 Å². The number of rotatable bonds is 57. The van der Waals surface area contributed by atoms with E-state index in [-0.39, 0.29) is 24.9 Å². The van der Waals surface area contributed by atoms with E-state index < -0.39 is 26.6 Å². The predicted octanol–water partition coefficient (Wildman–Crippen LogP) is 19.0. The van der Waals surface area contributed by atoms with Crippen LogP contribution in [0.15, 0.2) is 72.9 Å². The maximum atomic E-state index is 13.5. The number of hydrogen-bond donors (Lipinski definition) is 1. The Morgan fingerprint density at radius 2 is 0.816 bits per heavy atom. The van der Waals surface area contributed by atoms with Crippen LogP contribution in [0.4, 0.5) is 0 Å². The smallest absolute Gasteiger partial charge is 0.306 e. The minimum atomic E-state index is -4.70. The van der Waals surface area contributed by atoms with Gasteiger partial charge in [-0.05, 0) is 96.0 Å². The van der Waals surface area contributed by atoms with E-state index in [1.807, 2.05) is 33.3 Å². The van der Waals surface area contributed by atoms with Gasteiger partial charge in [-0.25, -0.2) is 0 Å². The molecule has 0 rings (SSSR count). The Kier molecular flexibility index (Phi) is 53.9. The lowest BCUT2D eigenvalue weighted by molar-refractivity contribution is -0.870. The second-order valence-electron chi connectivity index (χ2n) is 22.6. The summed E-state index contributed by atoms with van der Waals surface area (Å²) >= 11 is 0. The molecule has 1 amide bonds. The second kappa shape index (κ2) is 55.8. The summed E-state index contributed by atoms with van der Waals surface area (Å²) in [6, 6.07) is -0.894. The van der Waals surface area contributed by atoms with Gasteiger partial charge in [0, 0.05) is 12.8 Å². The molecule has 0 bridgehead atoms. The van der Waals surface area contributed by atoms with Crippen LogP contribution in [0, 0.1) is 0 Å². The van der Waals surface area contributed by atoms with Crippen LogP contribution in [-0.2, 0) is 27.9 Å². The van der Waals surface area contributed by atoms with E-state index in [4.69, 9.17) is 13.8 Å². The first-order chi connectivity index (χ1) is 36.9. The Balaban J connectivity index is 5.04. The molecule has 9 nitrogen and oxygen atoms in total. The standard InChI is InChI=1S/C66H121N2O7P/c1-7-10-13-16-19-22-25-27-28-29-30-31-32-33-34-35-36-37-38-39-40-41-44-47-50-53-56-59-66(70)75-64(57-54-51-48-45-43-26-23-20-17-14-11-8-2)63(62-74-76(71,72)73-61-60-68(4,5)6)67-65(69)58-55-52-49-46-42-24-21-18-15-12-9-3/h18-19,21-22,27-28,30-31,33-34,54,57,63-64H,7-17,20,23-26,29,32,35-53,55-56,58-62H2,1-6H3,(H-,67,69,71,72)/b21-18-,22-19-,28-27-,31-30-,34-33-,57-54-. The molecule has 0 fully saturated rings. The average Bonchev–Trinajstić information content (AvgIpc) is 3.38. The monoisotopic (exact) mass is 1080 g/mol. The number of allylic oxidation sites excluding steroid dienone is 11. The molecule has 76 heavy (non-hydrogen) atoms. The number of carbonyl (C=O) groups is 2. The van der Waals surface area contributed by atoms with Gasteiger partial charge in [0.05, 0.1) is 33.8 Å². The molecule has 3 unspecified atom stereocenters. The summed E-state index contributed by atoms with van der Waals surface area (Å²) in [5.41, 5.74) is 0. The predicted molar refractivity (Wildman–Crippen MR) is 325 cm³/mol. The third kappa shape index (κ3) is 56.2. The third-order valence-electron chi connectivity index (χ3n) is 13.9. The van der Waals surface area contributed by atoms with Crippen molar-refractivity contribution < 1.29 is 37.3 Å². The zero-order chi connectivity index (χ0) is 55.7. The van der Waals surface area contributed by atoms with Crippen LogP contribution in [0.1, 0.15) is 284 Å². The van der Waals surface area contributed by atoms with Crippen molar-refractivity contribution >= 4 is 19.7 Å². The second-order valence-corrected chi connectivity index (χ2v) is 24.0. The topological polar surface area (TPSA) is 114 Å². The summed E-state index contributed by atoms with van der Waals surface area (Å²) in [6.07, 6.45) is 71.6. The van der Waals surface area contributed by atoms with E-state index in [0.29, 0.717) is 17.4 Å². The summed E-state index contributed by atoms with van der Waals surface area (Å²) in [7, 11) is 1.18. The van der Waals surface area contributed by atoms with E-state index >= 15 is 0 Å². The van der Waals surface area contributed by atoms with Gasteiger partial charge in [-0.3, -0.25) is 14.2 Å². The Labute approximate surface area is 470 Å². The highest BCUT2D eigenvalue weighted by Gasteiger charge is 2.27. The summed E-state index contributed by atoms with van der Waals surface area (Å²) in [4.78, 5) is 39.9. The van der Waals surface area contributed by atoms with E-state index in [2.05, 4.69) is 86.8 Å². The molecule has 10 heteroatoms. The number of nitrogens with one attached hydrogen (secondary N) is 1. The van der Waals surface area contributed by atoms with E-state index in [9.17, 15) is 19.0 Å². The summed E-state index contributed by atoms with van der Waals surface area (Å²) in [5, 5.41) is 3.01. The molecule has 3 atom stereocenters. The average molecular weight is 1090 g/mol. The molecule has 0 aromatic heterocycles. The first-order valence-corrected chi connectivity index (χ1v) is 33.2. The summed E-state index contributed by atoms with van der Waals surface area (Å²) < 4.78 is 30.3. The number of phosphoric acid groups is 1. The first kappa shape index (κ1) is 73.5. The number of esters is 1. The van der Waals surface area contributed by atoms with Crippen LogP contribution in [0.2, 0.25) is 0 Å². The molecule has 0 aliphatic heterocycles. The zero-order valence-electron chi connectivity index (χ0n) is 50.4. The molecule has 0 aliphatic carbocycles. The minimum Gasteiger partial charge on any atom is -0.756 e.